The van der Waals surface area contributed by atoms with E-state index in [0.717, 1.165) is 12.8 Å². The normalized spacial score (nSPS) is 30.4. The number of hydrogen-bond acceptors (Lipinski definition) is 3. The van der Waals surface area contributed by atoms with Crippen molar-refractivity contribution in [2.45, 2.75) is 38.8 Å². The topological polar surface area (TPSA) is 38.3 Å². The molecule has 0 unspecified atom stereocenters. The molecule has 1 aliphatic rings. The van der Waals surface area contributed by atoms with Crippen molar-refractivity contribution in [3.05, 3.63) is 0 Å². The molecule has 0 aromatic heterocycles. The Bertz CT molecular complexity index is 147. The predicted molar refractivity (Wildman–Crippen MR) is 42.3 cm³/mol. The first-order valence-electron chi connectivity index (χ1n) is 4.16. The van der Waals surface area contributed by atoms with E-state index < -0.39 is 0 Å². The van der Waals surface area contributed by atoms with Gasteiger partial charge in [0, 0.05) is 6.04 Å². The predicted octanol–water partition coefficient (Wildman–Crippen LogP) is 0.690. The van der Waals surface area contributed by atoms with Gasteiger partial charge in [-0.2, -0.15) is 0 Å². The number of esters is 1. The van der Waals surface area contributed by atoms with Crippen LogP contribution in [0.25, 0.3) is 0 Å². The molecule has 2 atom stereocenters. The number of carbonyl (C=O) groups is 1. The molecule has 1 fully saturated rings. The Labute approximate surface area is 67.1 Å². The lowest BCUT2D eigenvalue weighted by Gasteiger charge is -2.09. The summed E-state index contributed by atoms with van der Waals surface area (Å²) in [5.41, 5.74) is 0. The maximum absolute atomic E-state index is 11.1. The van der Waals surface area contributed by atoms with E-state index in [2.05, 4.69) is 12.2 Å². The Morgan fingerprint density at radius 3 is 2.82 bits per heavy atom. The summed E-state index contributed by atoms with van der Waals surface area (Å²) >= 11 is 0. The third-order valence-electron chi connectivity index (χ3n) is 1.95. The molecule has 3 heteroatoms. The van der Waals surface area contributed by atoms with Gasteiger partial charge in [-0.15, -0.1) is 0 Å². The van der Waals surface area contributed by atoms with Gasteiger partial charge < -0.3 is 10.1 Å². The van der Waals surface area contributed by atoms with Gasteiger partial charge in [0.2, 0.25) is 0 Å². The van der Waals surface area contributed by atoms with E-state index in [4.69, 9.17) is 4.74 Å². The van der Waals surface area contributed by atoms with Crippen LogP contribution in [0.2, 0.25) is 0 Å². The Morgan fingerprint density at radius 2 is 2.36 bits per heavy atom. The maximum atomic E-state index is 11.1. The van der Waals surface area contributed by atoms with Gasteiger partial charge >= 0.3 is 5.97 Å². The first kappa shape index (κ1) is 8.53. The first-order chi connectivity index (χ1) is 5.24. The molecular weight excluding hydrogens is 142 g/mol. The highest BCUT2D eigenvalue weighted by molar-refractivity contribution is 5.76. The van der Waals surface area contributed by atoms with Crippen LogP contribution in [-0.2, 0) is 9.53 Å². The molecule has 1 saturated heterocycles. The minimum atomic E-state index is -0.100. The highest BCUT2D eigenvalue weighted by atomic mass is 16.5. The van der Waals surface area contributed by atoms with Crippen LogP contribution in [0.15, 0.2) is 0 Å². The zero-order chi connectivity index (χ0) is 8.27. The van der Waals surface area contributed by atoms with Crippen LogP contribution in [0, 0.1) is 0 Å². The van der Waals surface area contributed by atoms with E-state index >= 15 is 0 Å². The van der Waals surface area contributed by atoms with E-state index in [1.165, 1.54) is 0 Å². The average molecular weight is 157 g/mol. The standard InChI is InChI=1S/C8H15NO2/c1-3-11-8(10)7-5-4-6(2)9-7/h6-7,9H,3-5H2,1-2H3/t6-,7-/m1/s1. The third kappa shape index (κ3) is 2.19. The van der Waals surface area contributed by atoms with Gasteiger partial charge in [-0.1, -0.05) is 0 Å². The fourth-order valence-corrected chi connectivity index (χ4v) is 1.36. The fourth-order valence-electron chi connectivity index (χ4n) is 1.36. The molecule has 0 spiro atoms. The van der Waals surface area contributed by atoms with Crippen LogP contribution in [0.4, 0.5) is 0 Å². The van der Waals surface area contributed by atoms with Crippen molar-refractivity contribution >= 4 is 5.97 Å². The van der Waals surface area contributed by atoms with Crippen LogP contribution in [-0.4, -0.2) is 24.7 Å². The molecule has 0 amide bonds. The van der Waals surface area contributed by atoms with Crippen molar-refractivity contribution in [3.63, 3.8) is 0 Å². The lowest BCUT2D eigenvalue weighted by atomic mass is 10.2. The molecule has 0 radical (unpaired) electrons. The van der Waals surface area contributed by atoms with Crippen molar-refractivity contribution in [3.8, 4) is 0 Å². The highest BCUT2D eigenvalue weighted by Crippen LogP contribution is 2.12. The smallest absolute Gasteiger partial charge is 0.323 e. The number of carbonyl (C=O) groups excluding carboxylic acids is 1. The average Bonchev–Trinajstić information content (AvgIpc) is 2.36. The van der Waals surface area contributed by atoms with Gasteiger partial charge in [-0.25, -0.2) is 0 Å². The maximum Gasteiger partial charge on any atom is 0.323 e. The summed E-state index contributed by atoms with van der Waals surface area (Å²) in [6, 6.07) is 0.411. The Kier molecular flexibility index (Phi) is 2.88. The molecule has 0 aliphatic carbocycles. The van der Waals surface area contributed by atoms with Crippen molar-refractivity contribution in [2.24, 2.45) is 0 Å². The van der Waals surface area contributed by atoms with Crippen molar-refractivity contribution in [1.82, 2.24) is 5.32 Å². The SMILES string of the molecule is CCOC(=O)[C@H]1CC[C@@H](C)N1. The second-order valence-electron chi connectivity index (χ2n) is 2.95. The Hall–Kier alpha value is -0.570. The fraction of sp³-hybridized carbons (Fsp3) is 0.875. The summed E-state index contributed by atoms with van der Waals surface area (Å²) in [5, 5.41) is 3.16. The molecule has 1 heterocycles. The van der Waals surface area contributed by atoms with E-state index in [9.17, 15) is 4.79 Å². The summed E-state index contributed by atoms with van der Waals surface area (Å²) < 4.78 is 4.87. The van der Waals surface area contributed by atoms with Gasteiger partial charge in [0.1, 0.15) is 6.04 Å². The number of nitrogens with one attached hydrogen (secondary N) is 1. The van der Waals surface area contributed by atoms with Crippen molar-refractivity contribution < 1.29 is 9.53 Å². The van der Waals surface area contributed by atoms with E-state index in [-0.39, 0.29) is 12.0 Å². The number of hydrogen-bond donors (Lipinski definition) is 1. The van der Waals surface area contributed by atoms with Crippen molar-refractivity contribution in [1.29, 1.82) is 0 Å². The van der Waals surface area contributed by atoms with Gasteiger partial charge in [-0.05, 0) is 26.7 Å². The summed E-state index contributed by atoms with van der Waals surface area (Å²) in [6.45, 7) is 4.39. The van der Waals surface area contributed by atoms with Crippen molar-refractivity contribution in [2.75, 3.05) is 6.61 Å². The lowest BCUT2D eigenvalue weighted by molar-refractivity contribution is -0.145. The van der Waals surface area contributed by atoms with Gasteiger partial charge in [0.15, 0.2) is 0 Å². The molecular formula is C8H15NO2. The second kappa shape index (κ2) is 3.72. The quantitative estimate of drug-likeness (QED) is 0.599. The molecule has 64 valence electrons. The zero-order valence-corrected chi connectivity index (χ0v) is 7.09. The van der Waals surface area contributed by atoms with Crippen LogP contribution in [0.3, 0.4) is 0 Å². The van der Waals surface area contributed by atoms with Gasteiger partial charge in [0.05, 0.1) is 6.61 Å². The minimum absolute atomic E-state index is 0.0510. The zero-order valence-electron chi connectivity index (χ0n) is 7.09. The first-order valence-corrected chi connectivity index (χ1v) is 4.16. The third-order valence-corrected chi connectivity index (χ3v) is 1.95. The molecule has 0 bridgehead atoms. The number of ether oxygens (including phenoxy) is 1. The molecule has 3 nitrogen and oxygen atoms in total. The Balaban J connectivity index is 2.31. The van der Waals surface area contributed by atoms with Gasteiger partial charge in [-0.3, -0.25) is 4.79 Å². The molecule has 0 saturated carbocycles. The number of rotatable bonds is 2. The van der Waals surface area contributed by atoms with Gasteiger partial charge in [0.25, 0.3) is 0 Å². The monoisotopic (exact) mass is 157 g/mol. The van der Waals surface area contributed by atoms with Crippen LogP contribution < -0.4 is 5.32 Å². The Morgan fingerprint density at radius 1 is 1.64 bits per heavy atom. The summed E-state index contributed by atoms with van der Waals surface area (Å²) in [6.07, 6.45) is 1.99. The summed E-state index contributed by atoms with van der Waals surface area (Å²) in [5.74, 6) is -0.100. The van der Waals surface area contributed by atoms with Crippen LogP contribution >= 0.6 is 0 Å². The van der Waals surface area contributed by atoms with E-state index in [0.29, 0.717) is 12.6 Å². The highest BCUT2D eigenvalue weighted by Gasteiger charge is 2.27. The molecule has 1 rings (SSSR count). The minimum Gasteiger partial charge on any atom is -0.465 e. The van der Waals surface area contributed by atoms with E-state index in [1.807, 2.05) is 6.92 Å². The van der Waals surface area contributed by atoms with Crippen LogP contribution in [0.5, 0.6) is 0 Å². The largest absolute Gasteiger partial charge is 0.465 e. The van der Waals surface area contributed by atoms with E-state index in [1.54, 1.807) is 0 Å². The molecule has 0 aromatic rings. The molecule has 1 aliphatic heterocycles. The molecule has 0 aromatic carbocycles. The summed E-state index contributed by atoms with van der Waals surface area (Å²) in [7, 11) is 0. The second-order valence-corrected chi connectivity index (χ2v) is 2.95. The molecule has 1 N–H and O–H groups in total. The lowest BCUT2D eigenvalue weighted by Crippen LogP contribution is -2.35. The summed E-state index contributed by atoms with van der Waals surface area (Å²) in [4.78, 5) is 11.1. The molecule has 11 heavy (non-hydrogen) atoms. The van der Waals surface area contributed by atoms with Crippen LogP contribution in [0.1, 0.15) is 26.7 Å².